The molecule has 1 atom stereocenters. The monoisotopic (exact) mass is 293 g/mol. The zero-order valence-corrected chi connectivity index (χ0v) is 13.1. The van der Waals surface area contributed by atoms with Crippen molar-refractivity contribution in [3.8, 4) is 0 Å². The molecule has 0 aliphatic heterocycles. The molecule has 0 spiro atoms. The summed E-state index contributed by atoms with van der Waals surface area (Å²) in [6.07, 6.45) is 1.09. The van der Waals surface area contributed by atoms with Gasteiger partial charge in [-0.3, -0.25) is 0 Å². The molecule has 1 rings (SSSR count). The first-order valence-electron chi connectivity index (χ1n) is 8.13. The number of nitrogens with one attached hydrogen (secondary N) is 1. The molecule has 1 saturated carbocycles. The van der Waals surface area contributed by atoms with Crippen LogP contribution < -0.4 is 5.32 Å². The van der Waals surface area contributed by atoms with Crippen molar-refractivity contribution in [3.63, 3.8) is 0 Å². The highest BCUT2D eigenvalue weighted by Crippen LogP contribution is 2.36. The topological polar surface area (TPSA) is 12.0 Å². The Balaban J connectivity index is 2.38. The third kappa shape index (κ3) is 6.47. The summed E-state index contributed by atoms with van der Waals surface area (Å²) < 4.78 is 36.8. The van der Waals surface area contributed by atoms with Gasteiger partial charge >= 0.3 is 6.18 Å². The molecule has 1 unspecified atom stereocenters. The van der Waals surface area contributed by atoms with Crippen molar-refractivity contribution < 1.29 is 13.2 Å². The van der Waals surface area contributed by atoms with E-state index >= 15 is 0 Å². The maximum Gasteiger partial charge on any atom is 0.389 e. The summed E-state index contributed by atoms with van der Waals surface area (Å²) >= 11 is 0. The Morgan fingerprint density at radius 3 is 2.05 bits per heavy atom. The van der Waals surface area contributed by atoms with E-state index in [0.717, 1.165) is 18.4 Å². The second-order valence-electron chi connectivity index (χ2n) is 6.59. The van der Waals surface area contributed by atoms with E-state index in [2.05, 4.69) is 19.2 Å². The van der Waals surface area contributed by atoms with E-state index in [4.69, 9.17) is 0 Å². The van der Waals surface area contributed by atoms with E-state index < -0.39 is 12.6 Å². The van der Waals surface area contributed by atoms with E-state index in [9.17, 15) is 13.2 Å². The molecule has 120 valence electrons. The van der Waals surface area contributed by atoms with Crippen LogP contribution in [0.5, 0.6) is 0 Å². The van der Waals surface area contributed by atoms with Crippen molar-refractivity contribution in [1.82, 2.24) is 5.32 Å². The molecule has 0 radical (unpaired) electrons. The van der Waals surface area contributed by atoms with Crippen LogP contribution in [0.25, 0.3) is 0 Å². The van der Waals surface area contributed by atoms with Crippen LogP contribution in [0.1, 0.15) is 65.7 Å². The SMILES string of the molecule is CCNC(CCCC(F)(F)F)C1CCC(C(C)C)CC1. The minimum Gasteiger partial charge on any atom is -0.314 e. The summed E-state index contributed by atoms with van der Waals surface area (Å²) in [5, 5.41) is 3.42. The molecule has 1 aliphatic carbocycles. The lowest BCUT2D eigenvalue weighted by Crippen LogP contribution is -2.38. The molecule has 0 aromatic rings. The van der Waals surface area contributed by atoms with Gasteiger partial charge in [0.15, 0.2) is 0 Å². The molecule has 0 aromatic carbocycles. The van der Waals surface area contributed by atoms with Crippen LogP contribution in [0, 0.1) is 17.8 Å². The predicted octanol–water partition coefficient (Wildman–Crippen LogP) is 5.16. The standard InChI is InChI=1S/C16H30F3N/c1-4-20-15(6-5-11-16(17,18)19)14-9-7-13(8-10-14)12(2)3/h12-15,20H,4-11H2,1-3H3. The van der Waals surface area contributed by atoms with E-state index in [1.807, 2.05) is 6.92 Å². The zero-order valence-electron chi connectivity index (χ0n) is 13.1. The molecule has 0 heterocycles. The number of rotatable bonds is 7. The van der Waals surface area contributed by atoms with Gasteiger partial charge in [0.2, 0.25) is 0 Å². The van der Waals surface area contributed by atoms with Crippen LogP contribution >= 0.6 is 0 Å². The van der Waals surface area contributed by atoms with Crippen LogP contribution in [0.15, 0.2) is 0 Å². The van der Waals surface area contributed by atoms with Crippen molar-refractivity contribution in [2.24, 2.45) is 17.8 Å². The van der Waals surface area contributed by atoms with Gasteiger partial charge < -0.3 is 5.32 Å². The molecule has 0 saturated heterocycles. The second kappa shape index (κ2) is 8.26. The molecule has 20 heavy (non-hydrogen) atoms. The fraction of sp³-hybridized carbons (Fsp3) is 1.00. The van der Waals surface area contributed by atoms with Crippen LogP contribution in [-0.4, -0.2) is 18.8 Å². The first kappa shape index (κ1) is 17.8. The van der Waals surface area contributed by atoms with Crippen LogP contribution in [0.2, 0.25) is 0 Å². The van der Waals surface area contributed by atoms with Crippen LogP contribution in [0.3, 0.4) is 0 Å². The lowest BCUT2D eigenvalue weighted by atomic mass is 9.74. The van der Waals surface area contributed by atoms with Gasteiger partial charge in [-0.25, -0.2) is 0 Å². The van der Waals surface area contributed by atoms with Gasteiger partial charge in [-0.15, -0.1) is 0 Å². The summed E-state index contributed by atoms with van der Waals surface area (Å²) in [5.41, 5.74) is 0. The van der Waals surface area contributed by atoms with E-state index in [0.29, 0.717) is 12.3 Å². The van der Waals surface area contributed by atoms with E-state index in [1.54, 1.807) is 0 Å². The molecule has 0 bridgehead atoms. The molecule has 4 heteroatoms. The summed E-state index contributed by atoms with van der Waals surface area (Å²) in [4.78, 5) is 0. The predicted molar refractivity (Wildman–Crippen MR) is 77.7 cm³/mol. The summed E-state index contributed by atoms with van der Waals surface area (Å²) in [6, 6.07) is 0.274. The van der Waals surface area contributed by atoms with Gasteiger partial charge in [0.1, 0.15) is 0 Å². The van der Waals surface area contributed by atoms with Crippen molar-refractivity contribution in [1.29, 1.82) is 0 Å². The Hall–Kier alpha value is -0.250. The third-order valence-corrected chi connectivity index (χ3v) is 4.77. The first-order valence-corrected chi connectivity index (χ1v) is 8.13. The lowest BCUT2D eigenvalue weighted by Gasteiger charge is -2.36. The summed E-state index contributed by atoms with van der Waals surface area (Å²) in [5.74, 6) is 2.11. The van der Waals surface area contributed by atoms with E-state index in [-0.39, 0.29) is 12.5 Å². The van der Waals surface area contributed by atoms with Gasteiger partial charge in [0, 0.05) is 12.5 Å². The van der Waals surface area contributed by atoms with Crippen molar-refractivity contribution in [2.45, 2.75) is 77.9 Å². The van der Waals surface area contributed by atoms with Crippen LogP contribution in [-0.2, 0) is 0 Å². The maximum atomic E-state index is 12.3. The molecular weight excluding hydrogens is 263 g/mol. The Bertz CT molecular complexity index is 255. The highest BCUT2D eigenvalue weighted by molar-refractivity contribution is 4.83. The van der Waals surface area contributed by atoms with Crippen molar-refractivity contribution >= 4 is 0 Å². The van der Waals surface area contributed by atoms with Crippen LogP contribution in [0.4, 0.5) is 13.2 Å². The van der Waals surface area contributed by atoms with Crippen molar-refractivity contribution in [2.75, 3.05) is 6.54 Å². The lowest BCUT2D eigenvalue weighted by molar-refractivity contribution is -0.136. The molecule has 1 N–H and O–H groups in total. The molecular formula is C16H30F3N. The minimum absolute atomic E-state index is 0.255. The van der Waals surface area contributed by atoms with Gasteiger partial charge in [-0.2, -0.15) is 13.2 Å². The van der Waals surface area contributed by atoms with Gasteiger partial charge in [-0.1, -0.05) is 20.8 Å². The van der Waals surface area contributed by atoms with Gasteiger partial charge in [0.05, 0.1) is 0 Å². The fourth-order valence-corrected chi connectivity index (χ4v) is 3.50. The summed E-state index contributed by atoms with van der Waals surface area (Å²) in [7, 11) is 0. The van der Waals surface area contributed by atoms with Crippen molar-refractivity contribution in [3.05, 3.63) is 0 Å². The van der Waals surface area contributed by atoms with Gasteiger partial charge in [-0.05, 0) is 62.8 Å². The molecule has 1 nitrogen and oxygen atoms in total. The highest BCUT2D eigenvalue weighted by atomic mass is 19.4. The fourth-order valence-electron chi connectivity index (χ4n) is 3.50. The third-order valence-electron chi connectivity index (χ3n) is 4.77. The van der Waals surface area contributed by atoms with E-state index in [1.165, 1.54) is 25.7 Å². The Labute approximate surface area is 121 Å². The Kier molecular flexibility index (Phi) is 7.35. The minimum atomic E-state index is -4.01. The average Bonchev–Trinajstić information content (AvgIpc) is 2.36. The normalized spacial score (nSPS) is 25.9. The Morgan fingerprint density at radius 2 is 1.60 bits per heavy atom. The first-order chi connectivity index (χ1) is 9.33. The number of alkyl halides is 3. The smallest absolute Gasteiger partial charge is 0.314 e. The quantitative estimate of drug-likeness (QED) is 0.683. The largest absolute Gasteiger partial charge is 0.389 e. The number of hydrogen-bond acceptors (Lipinski definition) is 1. The molecule has 1 fully saturated rings. The number of halogens is 3. The molecule has 1 aliphatic rings. The number of hydrogen-bond donors (Lipinski definition) is 1. The summed E-state index contributed by atoms with van der Waals surface area (Å²) in [6.45, 7) is 7.43. The average molecular weight is 293 g/mol. The maximum absolute atomic E-state index is 12.3. The molecule has 0 amide bonds. The Morgan fingerprint density at radius 1 is 1.05 bits per heavy atom. The second-order valence-corrected chi connectivity index (χ2v) is 6.59. The highest BCUT2D eigenvalue weighted by Gasteiger charge is 2.30. The zero-order chi connectivity index (χ0) is 15.2. The van der Waals surface area contributed by atoms with Gasteiger partial charge in [0.25, 0.3) is 0 Å². The molecule has 0 aromatic heterocycles.